The van der Waals surface area contributed by atoms with Gasteiger partial charge in [-0.3, -0.25) is 0 Å². The number of hydrogen-bond donors (Lipinski definition) is 0. The second-order valence-corrected chi connectivity index (χ2v) is 0. The first-order valence-corrected chi connectivity index (χ1v) is 0.842. The van der Waals surface area contributed by atoms with Gasteiger partial charge in [0.15, 0.2) is 0 Å². The van der Waals surface area contributed by atoms with Crippen LogP contribution in [0.25, 0.3) is 0 Å². The Kier molecular flexibility index (Phi) is 268. The van der Waals surface area contributed by atoms with Crippen molar-refractivity contribution in [3.8, 4) is 0 Å². The van der Waals surface area contributed by atoms with Crippen LogP contribution < -0.4 is 18.9 Å². The van der Waals surface area contributed by atoms with Gasteiger partial charge in [-0.2, -0.15) is 0 Å². The summed E-state index contributed by atoms with van der Waals surface area (Å²) in [7, 11) is 0. The molecule has 0 heterocycles. The van der Waals surface area contributed by atoms with Crippen molar-refractivity contribution in [1.82, 2.24) is 0 Å². The van der Waals surface area contributed by atoms with Crippen molar-refractivity contribution in [3.05, 3.63) is 0 Å². The van der Waals surface area contributed by atoms with E-state index in [9.17, 15) is 0 Å². The van der Waals surface area contributed by atoms with Crippen LogP contribution in [-0.4, -0.2) is 23.9 Å². The summed E-state index contributed by atoms with van der Waals surface area (Å²) in [6, 6.07) is 0. The first kappa shape index (κ1) is 36.3. The Labute approximate surface area is 100 Å². The van der Waals surface area contributed by atoms with Gasteiger partial charge in [-0.05, 0) is 0 Å². The molecule has 0 saturated heterocycles. The van der Waals surface area contributed by atoms with Crippen LogP contribution >= 0.6 is 0 Å². The molecule has 0 aliphatic carbocycles. The molecule has 6 heavy (non-hydrogen) atoms. The molecule has 0 aliphatic rings. The van der Waals surface area contributed by atoms with Crippen LogP contribution in [0.1, 0.15) is 1.43 Å². The van der Waals surface area contributed by atoms with Gasteiger partial charge in [0.2, 0.25) is 0 Å². The van der Waals surface area contributed by atoms with E-state index in [4.69, 9.17) is 3.32 Å². The SMILES string of the molecule is [Co].[Cu].[H-].[Li+].[O]=[Ti].[SnH4]. The molecule has 2 radical (unpaired) electrons. The summed E-state index contributed by atoms with van der Waals surface area (Å²) in [5, 5.41) is 0. The average molecular weight is 317 g/mol. The first-order chi connectivity index (χ1) is 1.00. The van der Waals surface area contributed by atoms with Crippen LogP contribution in [0.15, 0.2) is 0 Å². The van der Waals surface area contributed by atoms with E-state index in [1.54, 1.807) is 0 Å². The fourth-order valence-corrected chi connectivity index (χ4v) is 0. The maximum atomic E-state index is 8.25. The Morgan fingerprint density at radius 2 is 1.33 bits per heavy atom. The summed E-state index contributed by atoms with van der Waals surface area (Å²) in [6.45, 7) is 0. The van der Waals surface area contributed by atoms with Gasteiger partial charge >= 0.3 is 66.5 Å². The summed E-state index contributed by atoms with van der Waals surface area (Å²) in [5.41, 5.74) is 0. The monoisotopic (exact) mass is 318 g/mol. The molecule has 0 unspecified atom stereocenters. The van der Waals surface area contributed by atoms with Gasteiger partial charge in [0.25, 0.3) is 0 Å². The molecule has 0 bridgehead atoms. The summed E-state index contributed by atoms with van der Waals surface area (Å²) in [6.07, 6.45) is 0. The molecular formula is H5CoCuLiOSnTi. The van der Waals surface area contributed by atoms with Crippen molar-refractivity contribution < 1.29 is 77.9 Å². The van der Waals surface area contributed by atoms with Crippen molar-refractivity contribution >= 4 is 23.9 Å². The fraction of sp³-hybridized carbons (Fsp3) is 0. The standard InChI is InChI=1S/Co.Cu.Li.O.Sn.Ti.5H/q;;+1;;;;;;;;-1. The Hall–Kier alpha value is 2.94. The fourth-order valence-electron chi connectivity index (χ4n) is 0. The third kappa shape index (κ3) is 28.4. The normalized spacial score (nSPS) is 0.500. The third-order valence-electron chi connectivity index (χ3n) is 0. The Bertz CT molecular complexity index is 19.7. The van der Waals surface area contributed by atoms with E-state index < -0.39 is 0 Å². The molecule has 1 nitrogen and oxygen atoms in total. The summed E-state index contributed by atoms with van der Waals surface area (Å²) in [4.78, 5) is 0. The molecule has 0 rings (SSSR count). The Balaban J connectivity index is -0.000000000500. The minimum absolute atomic E-state index is 0. The Morgan fingerprint density at radius 3 is 1.33 bits per heavy atom. The summed E-state index contributed by atoms with van der Waals surface area (Å²) >= 11 is 0.750. The molecule has 0 saturated carbocycles. The van der Waals surface area contributed by atoms with Crippen molar-refractivity contribution in [3.63, 3.8) is 0 Å². The van der Waals surface area contributed by atoms with E-state index in [1.165, 1.54) is 0 Å². The maximum absolute atomic E-state index is 8.25. The van der Waals surface area contributed by atoms with Crippen LogP contribution in [0.4, 0.5) is 0 Å². The molecule has 0 spiro atoms. The van der Waals surface area contributed by atoms with Crippen LogP contribution in [-0.2, 0) is 57.6 Å². The van der Waals surface area contributed by atoms with Gasteiger partial charge in [0.05, 0.1) is 0 Å². The van der Waals surface area contributed by atoms with Crippen LogP contribution in [0, 0.1) is 0 Å². The van der Waals surface area contributed by atoms with Crippen molar-refractivity contribution in [2.24, 2.45) is 0 Å². The molecule has 0 aromatic rings. The predicted octanol–water partition coefficient (Wildman–Crippen LogP) is -4.46. The van der Waals surface area contributed by atoms with E-state index in [1.807, 2.05) is 0 Å². The van der Waals surface area contributed by atoms with Gasteiger partial charge in [0, 0.05) is 33.8 Å². The Morgan fingerprint density at radius 1 is 1.33 bits per heavy atom. The average Bonchev–Trinajstić information content (AvgIpc) is 1.00. The number of rotatable bonds is 0. The second-order valence-electron chi connectivity index (χ2n) is 0. The first-order valence-electron chi connectivity index (χ1n) is 0.204. The molecule has 0 aromatic carbocycles. The summed E-state index contributed by atoms with van der Waals surface area (Å²) < 4.78 is 8.25. The van der Waals surface area contributed by atoms with Crippen LogP contribution in [0.3, 0.4) is 0 Å². The van der Waals surface area contributed by atoms with Gasteiger partial charge in [-0.1, -0.05) is 0 Å². The van der Waals surface area contributed by atoms with E-state index >= 15 is 0 Å². The molecule has 40 valence electrons. The molecule has 0 fully saturated rings. The van der Waals surface area contributed by atoms with Crippen LogP contribution in [0.2, 0.25) is 0 Å². The van der Waals surface area contributed by atoms with E-state index in [2.05, 4.69) is 0 Å². The van der Waals surface area contributed by atoms with Gasteiger partial charge in [-0.15, -0.1) is 0 Å². The molecule has 0 N–H and O–H groups in total. The van der Waals surface area contributed by atoms with Crippen molar-refractivity contribution in [2.45, 2.75) is 0 Å². The molecule has 0 aromatic heterocycles. The van der Waals surface area contributed by atoms with E-state index in [0.717, 1.165) is 20.4 Å². The molecule has 0 atom stereocenters. The van der Waals surface area contributed by atoms with E-state index in [-0.39, 0.29) is 78.0 Å². The second kappa shape index (κ2) is 44.3. The van der Waals surface area contributed by atoms with E-state index in [0.29, 0.717) is 0 Å². The molecule has 0 aliphatic heterocycles. The zero-order valence-electron chi connectivity index (χ0n) is 3.54. The zero-order valence-corrected chi connectivity index (χ0v) is 6.09. The van der Waals surface area contributed by atoms with Gasteiger partial charge < -0.3 is 1.43 Å². The molecule has 0 amide bonds. The topological polar surface area (TPSA) is 17.1 Å². The van der Waals surface area contributed by atoms with Gasteiger partial charge in [-0.25, -0.2) is 0 Å². The summed E-state index contributed by atoms with van der Waals surface area (Å²) in [5.74, 6) is 0. The predicted molar refractivity (Wildman–Crippen MR) is 13.1 cm³/mol. The van der Waals surface area contributed by atoms with Crippen molar-refractivity contribution in [1.29, 1.82) is 0 Å². The van der Waals surface area contributed by atoms with Crippen LogP contribution in [0.5, 0.6) is 0 Å². The quantitative estimate of drug-likeness (QED) is 0.412. The minimum atomic E-state index is 0. The zero-order chi connectivity index (χ0) is 2.00. The van der Waals surface area contributed by atoms with Crippen molar-refractivity contribution in [2.75, 3.05) is 0 Å². The molecular weight excluding hydrogens is 312 g/mol. The van der Waals surface area contributed by atoms with Gasteiger partial charge in [0.1, 0.15) is 0 Å². The number of hydrogen-bond acceptors (Lipinski definition) is 1. The third-order valence-corrected chi connectivity index (χ3v) is 0. The molecule has 6 heteroatoms.